The molecule has 0 saturated carbocycles. The van der Waals surface area contributed by atoms with Gasteiger partial charge in [0.05, 0.1) is 11.6 Å². The van der Waals surface area contributed by atoms with Gasteiger partial charge in [-0.2, -0.15) is 0 Å². The summed E-state index contributed by atoms with van der Waals surface area (Å²) < 4.78 is 25.4. The molecule has 0 spiro atoms. The van der Waals surface area contributed by atoms with Gasteiger partial charge in [0.1, 0.15) is 18.2 Å². The van der Waals surface area contributed by atoms with Crippen molar-refractivity contribution in [2.75, 3.05) is 11.9 Å². The first-order chi connectivity index (χ1) is 13.6. The third kappa shape index (κ3) is 5.08. The Labute approximate surface area is 168 Å². The maximum atomic E-state index is 13.9. The minimum Gasteiger partial charge on any atom is -0.508 e. The van der Waals surface area contributed by atoms with E-state index in [0.29, 0.717) is 35.2 Å². The molecule has 0 heterocycles. The van der Waals surface area contributed by atoms with Crippen molar-refractivity contribution in [3.63, 3.8) is 0 Å². The number of ether oxygens (including phenoxy) is 2. The molecule has 0 aliphatic carbocycles. The van der Waals surface area contributed by atoms with Gasteiger partial charge in [-0.1, -0.05) is 23.7 Å². The van der Waals surface area contributed by atoms with E-state index in [9.17, 15) is 9.50 Å². The van der Waals surface area contributed by atoms with E-state index in [0.717, 1.165) is 11.3 Å². The molecule has 3 aromatic carbocycles. The van der Waals surface area contributed by atoms with Gasteiger partial charge in [0.25, 0.3) is 0 Å². The lowest BCUT2D eigenvalue weighted by molar-refractivity contribution is 0.265. The number of phenolic OH excluding ortho intramolecular Hbond substituents is 1. The molecule has 0 aromatic heterocycles. The van der Waals surface area contributed by atoms with E-state index in [1.165, 1.54) is 6.07 Å². The second-order valence-electron chi connectivity index (χ2n) is 6.10. The summed E-state index contributed by atoms with van der Waals surface area (Å²) in [5, 5.41) is 12.9. The smallest absolute Gasteiger partial charge is 0.161 e. The number of hydrogen-bond donors (Lipinski definition) is 2. The number of benzene rings is 3. The molecule has 2 N–H and O–H groups in total. The van der Waals surface area contributed by atoms with Gasteiger partial charge in [0.2, 0.25) is 0 Å². The van der Waals surface area contributed by atoms with Crippen LogP contribution < -0.4 is 14.8 Å². The number of phenols is 1. The SMILES string of the molecule is CCOc1cc(CNc2ccc(O)cc2)ccc1OCc1c(F)cccc1Cl. The van der Waals surface area contributed by atoms with E-state index < -0.39 is 5.82 Å². The van der Waals surface area contributed by atoms with E-state index >= 15 is 0 Å². The number of hydrogen-bond acceptors (Lipinski definition) is 4. The van der Waals surface area contributed by atoms with Crippen LogP contribution in [-0.4, -0.2) is 11.7 Å². The topological polar surface area (TPSA) is 50.7 Å². The first-order valence-electron chi connectivity index (χ1n) is 8.91. The highest BCUT2D eigenvalue weighted by molar-refractivity contribution is 6.31. The minimum atomic E-state index is -0.403. The van der Waals surface area contributed by atoms with Crippen LogP contribution in [-0.2, 0) is 13.2 Å². The summed E-state index contributed by atoms with van der Waals surface area (Å²) >= 11 is 6.06. The molecule has 0 aliphatic rings. The molecule has 0 radical (unpaired) electrons. The lowest BCUT2D eigenvalue weighted by Gasteiger charge is -2.15. The fourth-order valence-corrected chi connectivity index (χ4v) is 2.87. The molecule has 0 fully saturated rings. The number of aromatic hydroxyl groups is 1. The molecule has 0 bridgehead atoms. The molecule has 4 nitrogen and oxygen atoms in total. The van der Waals surface area contributed by atoms with E-state index in [1.807, 2.05) is 19.1 Å². The van der Waals surface area contributed by atoms with Gasteiger partial charge in [-0.15, -0.1) is 0 Å². The molecule has 146 valence electrons. The van der Waals surface area contributed by atoms with Crippen LogP contribution in [0, 0.1) is 5.82 Å². The molecule has 28 heavy (non-hydrogen) atoms. The second-order valence-corrected chi connectivity index (χ2v) is 6.51. The average Bonchev–Trinajstić information content (AvgIpc) is 2.68. The van der Waals surface area contributed by atoms with E-state index in [1.54, 1.807) is 42.5 Å². The quantitative estimate of drug-likeness (QED) is 0.470. The van der Waals surface area contributed by atoms with Crippen molar-refractivity contribution in [2.24, 2.45) is 0 Å². The molecule has 0 saturated heterocycles. The van der Waals surface area contributed by atoms with Crippen LogP contribution in [0.4, 0.5) is 10.1 Å². The average molecular weight is 402 g/mol. The van der Waals surface area contributed by atoms with Crippen LogP contribution in [0.15, 0.2) is 60.7 Å². The zero-order valence-electron chi connectivity index (χ0n) is 15.4. The lowest BCUT2D eigenvalue weighted by atomic mass is 10.2. The molecular formula is C22H21ClFNO3. The normalized spacial score (nSPS) is 10.5. The standard InChI is InChI=1S/C22H21ClFNO3/c1-2-27-22-12-15(13-25-16-7-9-17(26)10-8-16)6-11-21(22)28-14-18-19(23)4-3-5-20(18)24/h3-12,25-26H,2,13-14H2,1H3. The summed E-state index contributed by atoms with van der Waals surface area (Å²) in [5.41, 5.74) is 2.20. The molecule has 6 heteroatoms. The molecular weight excluding hydrogens is 381 g/mol. The van der Waals surface area contributed by atoms with Gasteiger partial charge in [0.15, 0.2) is 11.5 Å². The zero-order chi connectivity index (χ0) is 19.9. The van der Waals surface area contributed by atoms with Crippen LogP contribution >= 0.6 is 11.6 Å². The second kappa shape index (κ2) is 9.33. The van der Waals surface area contributed by atoms with E-state index in [2.05, 4.69) is 5.32 Å². The Kier molecular flexibility index (Phi) is 6.61. The molecule has 0 unspecified atom stereocenters. The summed E-state index contributed by atoms with van der Waals surface area (Å²) in [5.74, 6) is 0.926. The van der Waals surface area contributed by atoms with Crippen LogP contribution in [0.25, 0.3) is 0 Å². The van der Waals surface area contributed by atoms with Crippen molar-refractivity contribution in [3.05, 3.63) is 82.6 Å². The third-order valence-corrected chi connectivity index (χ3v) is 4.46. The van der Waals surface area contributed by atoms with E-state index in [-0.39, 0.29) is 12.4 Å². The Hall–Kier alpha value is -2.92. The molecule has 0 amide bonds. The van der Waals surface area contributed by atoms with Crippen LogP contribution in [0.2, 0.25) is 5.02 Å². The highest BCUT2D eigenvalue weighted by Crippen LogP contribution is 2.31. The van der Waals surface area contributed by atoms with Crippen molar-refractivity contribution in [2.45, 2.75) is 20.1 Å². The summed E-state index contributed by atoms with van der Waals surface area (Å²) in [6, 6.07) is 17.0. The van der Waals surface area contributed by atoms with Crippen LogP contribution in [0.3, 0.4) is 0 Å². The fraction of sp³-hybridized carbons (Fsp3) is 0.182. The Morgan fingerprint density at radius 3 is 2.50 bits per heavy atom. The summed E-state index contributed by atoms with van der Waals surface area (Å²) in [6.07, 6.45) is 0. The van der Waals surface area contributed by atoms with Gasteiger partial charge in [-0.25, -0.2) is 4.39 Å². The van der Waals surface area contributed by atoms with Gasteiger partial charge in [0, 0.05) is 17.8 Å². The number of rotatable bonds is 8. The summed E-state index contributed by atoms with van der Waals surface area (Å²) in [4.78, 5) is 0. The highest BCUT2D eigenvalue weighted by atomic mass is 35.5. The monoisotopic (exact) mass is 401 g/mol. The number of halogens is 2. The molecule has 0 aliphatic heterocycles. The molecule has 3 rings (SSSR count). The zero-order valence-corrected chi connectivity index (χ0v) is 16.2. The summed E-state index contributed by atoms with van der Waals surface area (Å²) in [6.45, 7) is 2.95. The van der Waals surface area contributed by atoms with Crippen LogP contribution in [0.1, 0.15) is 18.1 Å². The number of nitrogens with one attached hydrogen (secondary N) is 1. The van der Waals surface area contributed by atoms with Crippen molar-refractivity contribution >= 4 is 17.3 Å². The Balaban J connectivity index is 1.70. The highest BCUT2D eigenvalue weighted by Gasteiger charge is 2.11. The van der Waals surface area contributed by atoms with E-state index in [4.69, 9.17) is 21.1 Å². The predicted octanol–water partition coefficient (Wildman–Crippen LogP) is 5.77. The van der Waals surface area contributed by atoms with Gasteiger partial charge < -0.3 is 19.9 Å². The Bertz CT molecular complexity index is 911. The predicted molar refractivity (Wildman–Crippen MR) is 109 cm³/mol. The summed E-state index contributed by atoms with van der Waals surface area (Å²) in [7, 11) is 0. The lowest BCUT2D eigenvalue weighted by Crippen LogP contribution is -2.04. The fourth-order valence-electron chi connectivity index (χ4n) is 2.65. The first kappa shape index (κ1) is 19.8. The van der Waals surface area contributed by atoms with Crippen molar-refractivity contribution in [3.8, 4) is 17.2 Å². The van der Waals surface area contributed by atoms with Crippen molar-refractivity contribution in [1.82, 2.24) is 0 Å². The Morgan fingerprint density at radius 1 is 1.00 bits per heavy atom. The molecule has 0 atom stereocenters. The van der Waals surface area contributed by atoms with Gasteiger partial charge in [-0.05, 0) is 61.0 Å². The Morgan fingerprint density at radius 2 is 1.79 bits per heavy atom. The van der Waals surface area contributed by atoms with Gasteiger partial charge in [-0.3, -0.25) is 0 Å². The molecule has 3 aromatic rings. The number of anilines is 1. The van der Waals surface area contributed by atoms with Gasteiger partial charge >= 0.3 is 0 Å². The maximum Gasteiger partial charge on any atom is 0.161 e. The largest absolute Gasteiger partial charge is 0.508 e. The van der Waals surface area contributed by atoms with Crippen molar-refractivity contribution < 1.29 is 19.0 Å². The maximum absolute atomic E-state index is 13.9. The third-order valence-electron chi connectivity index (χ3n) is 4.11. The van der Waals surface area contributed by atoms with Crippen LogP contribution in [0.5, 0.6) is 17.2 Å². The first-order valence-corrected chi connectivity index (χ1v) is 9.29. The minimum absolute atomic E-state index is 0.0106. The van der Waals surface area contributed by atoms with Crippen molar-refractivity contribution in [1.29, 1.82) is 0 Å².